The third-order valence-electron chi connectivity index (χ3n) is 7.27. The molecular formula is C27H29N7O3. The molecule has 0 saturated carbocycles. The van der Waals surface area contributed by atoms with Crippen molar-refractivity contribution in [2.45, 2.75) is 18.9 Å². The fourth-order valence-electron chi connectivity index (χ4n) is 5.31. The highest BCUT2D eigenvalue weighted by atomic mass is 16.5. The zero-order valence-electron chi connectivity index (χ0n) is 20.4. The van der Waals surface area contributed by atoms with E-state index in [0.29, 0.717) is 24.8 Å². The number of hydrogen-bond donors (Lipinski definition) is 2. The minimum atomic E-state index is -0.823. The minimum Gasteiger partial charge on any atom is -0.465 e. The van der Waals surface area contributed by atoms with Gasteiger partial charge in [-0.2, -0.15) is 5.10 Å². The first-order chi connectivity index (χ1) is 18.0. The van der Waals surface area contributed by atoms with E-state index >= 15 is 0 Å². The summed E-state index contributed by atoms with van der Waals surface area (Å²) in [5.41, 5.74) is 8.76. The molecule has 2 saturated heterocycles. The Morgan fingerprint density at radius 3 is 2.41 bits per heavy atom. The lowest BCUT2D eigenvalue weighted by atomic mass is 9.98. The number of likely N-dealkylation sites (tertiary alicyclic amines) is 2. The van der Waals surface area contributed by atoms with Crippen molar-refractivity contribution in [3.63, 3.8) is 0 Å². The van der Waals surface area contributed by atoms with Crippen LogP contribution in [0.5, 0.6) is 11.5 Å². The molecule has 0 spiro atoms. The number of hydrogen-bond acceptors (Lipinski definition) is 7. The highest BCUT2D eigenvalue weighted by molar-refractivity contribution is 5.98. The van der Waals surface area contributed by atoms with Gasteiger partial charge in [-0.1, -0.05) is 18.2 Å². The Hall–Kier alpha value is -4.18. The van der Waals surface area contributed by atoms with E-state index in [0.717, 1.165) is 66.3 Å². The second-order valence-electron chi connectivity index (χ2n) is 9.78. The van der Waals surface area contributed by atoms with Gasteiger partial charge in [0.25, 0.3) is 0 Å². The van der Waals surface area contributed by atoms with Gasteiger partial charge in [0.15, 0.2) is 5.65 Å². The number of ether oxygens (including phenoxy) is 1. The largest absolute Gasteiger partial charge is 0.465 e. The van der Waals surface area contributed by atoms with E-state index < -0.39 is 6.09 Å². The quantitative estimate of drug-likeness (QED) is 0.406. The predicted molar refractivity (Wildman–Crippen MR) is 139 cm³/mol. The van der Waals surface area contributed by atoms with E-state index in [1.807, 2.05) is 59.3 Å². The average Bonchev–Trinajstić information content (AvgIpc) is 3.28. The number of rotatable bonds is 6. The number of nitrogens with two attached hydrogens (primary N) is 1. The summed E-state index contributed by atoms with van der Waals surface area (Å²) in [5, 5.41) is 14.8. The van der Waals surface area contributed by atoms with Crippen LogP contribution in [0.15, 0.2) is 60.9 Å². The Labute approximate surface area is 214 Å². The first kappa shape index (κ1) is 23.2. The molecule has 190 valence electrons. The summed E-state index contributed by atoms with van der Waals surface area (Å²) in [6.45, 7) is 4.09. The summed E-state index contributed by atoms with van der Waals surface area (Å²) in [6.07, 6.45) is 2.56. The van der Waals surface area contributed by atoms with Crippen LogP contribution in [0, 0.1) is 5.92 Å². The number of benzene rings is 2. The van der Waals surface area contributed by atoms with Crippen molar-refractivity contribution >= 4 is 22.9 Å². The summed E-state index contributed by atoms with van der Waals surface area (Å²) in [4.78, 5) is 23.7. The Balaban J connectivity index is 1.19. The van der Waals surface area contributed by atoms with E-state index in [1.54, 1.807) is 0 Å². The molecule has 0 bridgehead atoms. The SMILES string of the molecule is Nc1ncnc2c1c(-c1ccc(Oc3ccccc3)cc1)nn2C1CCN(CC2CN(C(=O)O)C2)CC1. The number of carbonyl (C=O) groups is 1. The predicted octanol–water partition coefficient (Wildman–Crippen LogP) is 4.11. The van der Waals surface area contributed by atoms with Gasteiger partial charge in [-0.05, 0) is 49.2 Å². The van der Waals surface area contributed by atoms with E-state index in [4.69, 9.17) is 20.7 Å². The molecule has 2 aliphatic rings. The first-order valence-electron chi connectivity index (χ1n) is 12.6. The number of anilines is 1. The molecule has 6 rings (SSSR count). The maximum absolute atomic E-state index is 11.0. The topological polar surface area (TPSA) is 123 Å². The Morgan fingerprint density at radius 2 is 1.70 bits per heavy atom. The molecular weight excluding hydrogens is 470 g/mol. The van der Waals surface area contributed by atoms with Crippen LogP contribution in [0.25, 0.3) is 22.3 Å². The van der Waals surface area contributed by atoms with Crippen molar-refractivity contribution < 1.29 is 14.6 Å². The summed E-state index contributed by atoms with van der Waals surface area (Å²) >= 11 is 0. The van der Waals surface area contributed by atoms with Gasteiger partial charge in [0.2, 0.25) is 0 Å². The minimum absolute atomic E-state index is 0.208. The third-order valence-corrected chi connectivity index (χ3v) is 7.27. The molecule has 0 radical (unpaired) electrons. The smallest absolute Gasteiger partial charge is 0.407 e. The van der Waals surface area contributed by atoms with Crippen LogP contribution in [0.2, 0.25) is 0 Å². The Kier molecular flexibility index (Phi) is 6.09. The van der Waals surface area contributed by atoms with Crippen LogP contribution in [-0.4, -0.2) is 73.5 Å². The molecule has 0 atom stereocenters. The van der Waals surface area contributed by atoms with Gasteiger partial charge in [-0.3, -0.25) is 0 Å². The van der Waals surface area contributed by atoms with Crippen LogP contribution < -0.4 is 10.5 Å². The number of amides is 1. The zero-order chi connectivity index (χ0) is 25.4. The lowest BCUT2D eigenvalue weighted by molar-refractivity contribution is 0.0538. The van der Waals surface area contributed by atoms with E-state index in [2.05, 4.69) is 14.9 Å². The number of piperidine rings is 1. The average molecular weight is 500 g/mol. The van der Waals surface area contributed by atoms with Gasteiger partial charge in [0.1, 0.15) is 29.3 Å². The van der Waals surface area contributed by atoms with Crippen molar-refractivity contribution in [1.29, 1.82) is 0 Å². The standard InChI is InChI=1S/C27H29N7O3/c28-25-23-24(19-6-8-22(9-7-19)37-21-4-2-1-3-5-21)31-34(26(23)30-17-29-25)20-10-12-32(13-11-20)14-18-15-33(16-18)27(35)36/h1-9,17-18,20H,10-16H2,(H,35,36)(H2,28,29,30). The summed E-state index contributed by atoms with van der Waals surface area (Å²) in [6, 6.07) is 17.7. The molecule has 0 unspecified atom stereocenters. The van der Waals surface area contributed by atoms with Crippen LogP contribution in [0.4, 0.5) is 10.6 Å². The first-order valence-corrected chi connectivity index (χ1v) is 12.6. The van der Waals surface area contributed by atoms with Gasteiger partial charge >= 0.3 is 6.09 Å². The fraction of sp³-hybridized carbons (Fsp3) is 0.333. The highest BCUT2D eigenvalue weighted by Gasteiger charge is 2.33. The van der Waals surface area contributed by atoms with Gasteiger partial charge in [0, 0.05) is 44.2 Å². The van der Waals surface area contributed by atoms with Gasteiger partial charge in [-0.25, -0.2) is 19.4 Å². The van der Waals surface area contributed by atoms with Crippen molar-refractivity contribution in [1.82, 2.24) is 29.5 Å². The number of fused-ring (bicyclic) bond motifs is 1. The lowest BCUT2D eigenvalue weighted by Gasteiger charge is -2.41. The van der Waals surface area contributed by atoms with Crippen molar-refractivity contribution in [3.05, 3.63) is 60.9 Å². The summed E-state index contributed by atoms with van der Waals surface area (Å²) in [7, 11) is 0. The normalized spacial score (nSPS) is 17.1. The molecule has 4 aromatic rings. The summed E-state index contributed by atoms with van der Waals surface area (Å²) < 4.78 is 7.95. The molecule has 10 nitrogen and oxygen atoms in total. The number of para-hydroxylation sites is 1. The highest BCUT2D eigenvalue weighted by Crippen LogP contribution is 2.35. The molecule has 2 aromatic carbocycles. The second-order valence-corrected chi connectivity index (χ2v) is 9.78. The molecule has 0 aliphatic carbocycles. The van der Waals surface area contributed by atoms with Gasteiger partial charge < -0.3 is 25.4 Å². The molecule has 1 amide bonds. The van der Waals surface area contributed by atoms with E-state index in [-0.39, 0.29) is 6.04 Å². The maximum atomic E-state index is 11.0. The Morgan fingerprint density at radius 1 is 1.00 bits per heavy atom. The zero-order valence-corrected chi connectivity index (χ0v) is 20.4. The number of aromatic nitrogens is 4. The lowest BCUT2D eigenvalue weighted by Crippen LogP contribution is -2.54. The van der Waals surface area contributed by atoms with Crippen molar-refractivity contribution in [3.8, 4) is 22.8 Å². The second kappa shape index (κ2) is 9.70. The van der Waals surface area contributed by atoms with Crippen LogP contribution in [-0.2, 0) is 0 Å². The van der Waals surface area contributed by atoms with Crippen LogP contribution in [0.1, 0.15) is 18.9 Å². The molecule has 4 heterocycles. The van der Waals surface area contributed by atoms with E-state index in [1.165, 1.54) is 11.2 Å². The summed E-state index contributed by atoms with van der Waals surface area (Å²) in [5.74, 6) is 2.37. The molecule has 3 N–H and O–H groups in total. The molecule has 2 aliphatic heterocycles. The number of carboxylic acid groups (broad SMARTS) is 1. The van der Waals surface area contributed by atoms with Crippen LogP contribution >= 0.6 is 0 Å². The fourth-order valence-corrected chi connectivity index (χ4v) is 5.31. The third kappa shape index (κ3) is 4.67. The van der Waals surface area contributed by atoms with Crippen LogP contribution in [0.3, 0.4) is 0 Å². The monoisotopic (exact) mass is 499 g/mol. The number of nitrogen functional groups attached to an aromatic ring is 1. The van der Waals surface area contributed by atoms with E-state index in [9.17, 15) is 4.79 Å². The number of nitrogens with zero attached hydrogens (tertiary/aromatic N) is 6. The molecule has 37 heavy (non-hydrogen) atoms. The van der Waals surface area contributed by atoms with Gasteiger partial charge in [0.05, 0.1) is 11.4 Å². The molecule has 10 heteroatoms. The van der Waals surface area contributed by atoms with Crippen molar-refractivity contribution in [2.75, 3.05) is 38.5 Å². The van der Waals surface area contributed by atoms with Crippen molar-refractivity contribution in [2.24, 2.45) is 5.92 Å². The maximum Gasteiger partial charge on any atom is 0.407 e. The Bertz CT molecular complexity index is 1390. The van der Waals surface area contributed by atoms with Gasteiger partial charge in [-0.15, -0.1) is 0 Å². The molecule has 2 aromatic heterocycles. The molecule has 2 fully saturated rings.